The van der Waals surface area contributed by atoms with Crippen molar-refractivity contribution in [2.24, 2.45) is 0 Å². The third kappa shape index (κ3) is 3.42. The van der Waals surface area contributed by atoms with E-state index >= 15 is 0 Å². The van der Waals surface area contributed by atoms with Crippen LogP contribution in [0.3, 0.4) is 0 Å². The topological polar surface area (TPSA) is 34.9 Å². The fraction of sp³-hybridized carbons (Fsp3) is 0.0435. The molecule has 4 aromatic rings. The lowest BCUT2D eigenvalue weighted by atomic mass is 10.2. The number of hydrogen-bond acceptors (Lipinski definition) is 2. The fourth-order valence-electron chi connectivity index (χ4n) is 2.97. The molecule has 0 saturated carbocycles. The fourth-order valence-corrected chi connectivity index (χ4v) is 3.14. The summed E-state index contributed by atoms with van der Waals surface area (Å²) in [5, 5.41) is 1.19. The number of rotatable bonds is 3. The van der Waals surface area contributed by atoms with Gasteiger partial charge in [-0.25, -0.2) is 4.98 Å². The summed E-state index contributed by atoms with van der Waals surface area (Å²) in [6, 6.07) is 22.9. The molecule has 0 spiro atoms. The molecule has 0 saturated heterocycles. The van der Waals surface area contributed by atoms with Gasteiger partial charge in [0.1, 0.15) is 5.82 Å². The van der Waals surface area contributed by atoms with Gasteiger partial charge in [-0.15, -0.1) is 0 Å². The number of hydrogen-bond donors (Lipinski definition) is 0. The molecular weight excluding hydrogens is 356 g/mol. The van der Waals surface area contributed by atoms with Crippen LogP contribution < -0.4 is 5.56 Å². The molecule has 1 heterocycles. The lowest BCUT2D eigenvalue weighted by molar-refractivity contribution is 0.943. The van der Waals surface area contributed by atoms with Gasteiger partial charge in [0.2, 0.25) is 0 Å². The van der Waals surface area contributed by atoms with Crippen LogP contribution in [0.1, 0.15) is 17.0 Å². The highest BCUT2D eigenvalue weighted by atomic mass is 35.5. The van der Waals surface area contributed by atoms with Crippen molar-refractivity contribution in [3.05, 3.63) is 105 Å². The Labute approximate surface area is 162 Å². The summed E-state index contributed by atoms with van der Waals surface area (Å²) in [6.07, 6.45) is 3.81. The Bertz CT molecular complexity index is 1210. The molecule has 0 bridgehead atoms. The maximum absolute atomic E-state index is 13.2. The minimum absolute atomic E-state index is 0.117. The number of aromatic nitrogens is 2. The van der Waals surface area contributed by atoms with Gasteiger partial charge in [0.25, 0.3) is 5.56 Å². The molecule has 0 radical (unpaired) electrons. The van der Waals surface area contributed by atoms with E-state index in [1.165, 1.54) is 0 Å². The highest BCUT2D eigenvalue weighted by Gasteiger charge is 2.11. The van der Waals surface area contributed by atoms with Crippen LogP contribution in [0.2, 0.25) is 5.02 Å². The molecule has 27 heavy (non-hydrogen) atoms. The normalized spacial score (nSPS) is 11.3. The van der Waals surface area contributed by atoms with E-state index in [4.69, 9.17) is 16.6 Å². The molecule has 0 atom stereocenters. The molecule has 0 aliphatic rings. The van der Waals surface area contributed by atoms with Crippen molar-refractivity contribution in [2.75, 3.05) is 0 Å². The Hall–Kier alpha value is -3.17. The largest absolute Gasteiger partial charge is 0.268 e. The summed E-state index contributed by atoms with van der Waals surface area (Å²) in [7, 11) is 0. The summed E-state index contributed by atoms with van der Waals surface area (Å²) in [4.78, 5) is 17.9. The van der Waals surface area contributed by atoms with Gasteiger partial charge in [-0.1, -0.05) is 66.2 Å². The lowest BCUT2D eigenvalue weighted by Gasteiger charge is -2.12. The van der Waals surface area contributed by atoms with Crippen LogP contribution in [0.25, 0.3) is 28.7 Å². The lowest BCUT2D eigenvalue weighted by Crippen LogP contribution is -2.22. The first kappa shape index (κ1) is 17.3. The average molecular weight is 373 g/mol. The predicted molar refractivity (Wildman–Crippen MR) is 112 cm³/mol. The van der Waals surface area contributed by atoms with Gasteiger partial charge < -0.3 is 0 Å². The van der Waals surface area contributed by atoms with E-state index in [0.29, 0.717) is 27.4 Å². The second-order valence-electron chi connectivity index (χ2n) is 6.31. The van der Waals surface area contributed by atoms with E-state index in [1.54, 1.807) is 16.7 Å². The molecule has 0 unspecified atom stereocenters. The van der Waals surface area contributed by atoms with Crippen LogP contribution in [-0.2, 0) is 0 Å². The molecule has 0 fully saturated rings. The number of nitrogens with zero attached hydrogens (tertiary/aromatic N) is 2. The molecule has 0 amide bonds. The van der Waals surface area contributed by atoms with Gasteiger partial charge >= 0.3 is 0 Å². The van der Waals surface area contributed by atoms with Gasteiger partial charge in [-0.2, -0.15) is 0 Å². The van der Waals surface area contributed by atoms with Crippen molar-refractivity contribution >= 4 is 34.7 Å². The second-order valence-corrected chi connectivity index (χ2v) is 6.71. The SMILES string of the molecule is Cc1ccc(-n2c(/C=C/c3ccccc3)nc3ccccc3c2=O)cc1Cl. The van der Waals surface area contributed by atoms with Crippen molar-refractivity contribution in [1.82, 2.24) is 9.55 Å². The third-order valence-corrected chi connectivity index (χ3v) is 4.85. The van der Waals surface area contributed by atoms with Crippen LogP contribution in [0, 0.1) is 6.92 Å². The molecule has 4 rings (SSSR count). The van der Waals surface area contributed by atoms with Crippen molar-refractivity contribution in [3.63, 3.8) is 0 Å². The van der Waals surface area contributed by atoms with E-state index in [2.05, 4.69) is 0 Å². The Balaban J connectivity index is 1.97. The molecule has 0 aliphatic heterocycles. The van der Waals surface area contributed by atoms with Gasteiger partial charge in [0, 0.05) is 5.02 Å². The number of aryl methyl sites for hydroxylation is 1. The monoisotopic (exact) mass is 372 g/mol. The highest BCUT2D eigenvalue weighted by molar-refractivity contribution is 6.31. The van der Waals surface area contributed by atoms with Crippen LogP contribution in [-0.4, -0.2) is 9.55 Å². The van der Waals surface area contributed by atoms with Crippen molar-refractivity contribution in [1.29, 1.82) is 0 Å². The van der Waals surface area contributed by atoms with Gasteiger partial charge in [-0.3, -0.25) is 9.36 Å². The van der Waals surface area contributed by atoms with E-state index in [0.717, 1.165) is 11.1 Å². The average Bonchev–Trinajstić information content (AvgIpc) is 2.70. The quantitative estimate of drug-likeness (QED) is 0.474. The van der Waals surface area contributed by atoms with Gasteiger partial charge in [0.15, 0.2) is 0 Å². The van der Waals surface area contributed by atoms with E-state index < -0.39 is 0 Å². The third-order valence-electron chi connectivity index (χ3n) is 4.44. The summed E-state index contributed by atoms with van der Waals surface area (Å²) in [5.74, 6) is 0.558. The Kier molecular flexibility index (Phi) is 4.61. The number of halogens is 1. The molecule has 132 valence electrons. The van der Waals surface area contributed by atoms with Gasteiger partial charge in [-0.05, 0) is 48.4 Å². The first-order chi connectivity index (χ1) is 13.1. The Morgan fingerprint density at radius 2 is 1.67 bits per heavy atom. The second kappa shape index (κ2) is 7.22. The number of para-hydroxylation sites is 1. The van der Waals surface area contributed by atoms with Crippen molar-refractivity contribution < 1.29 is 0 Å². The number of fused-ring (bicyclic) bond motifs is 1. The Morgan fingerprint density at radius 1 is 0.926 bits per heavy atom. The minimum Gasteiger partial charge on any atom is -0.268 e. The smallest absolute Gasteiger partial charge is 0.266 e. The zero-order valence-electron chi connectivity index (χ0n) is 14.8. The minimum atomic E-state index is -0.117. The van der Waals surface area contributed by atoms with Crippen LogP contribution in [0.4, 0.5) is 0 Å². The van der Waals surface area contributed by atoms with Gasteiger partial charge in [0.05, 0.1) is 16.6 Å². The van der Waals surface area contributed by atoms with Crippen molar-refractivity contribution in [2.45, 2.75) is 6.92 Å². The van der Waals surface area contributed by atoms with E-state index in [9.17, 15) is 4.79 Å². The Morgan fingerprint density at radius 3 is 2.44 bits per heavy atom. The summed E-state index contributed by atoms with van der Waals surface area (Å²) < 4.78 is 1.60. The molecule has 0 aliphatic carbocycles. The summed E-state index contributed by atoms with van der Waals surface area (Å²) >= 11 is 6.31. The zero-order chi connectivity index (χ0) is 18.8. The molecule has 0 N–H and O–H groups in total. The predicted octanol–water partition coefficient (Wildman–Crippen LogP) is 5.52. The van der Waals surface area contributed by atoms with E-state index in [1.807, 2.05) is 79.7 Å². The standard InChI is InChI=1S/C23H17ClN2O/c1-16-11-13-18(15-20(16)24)26-22(14-12-17-7-3-2-4-8-17)25-21-10-6-5-9-19(21)23(26)27/h2-15H,1H3/b14-12+. The van der Waals surface area contributed by atoms with E-state index in [-0.39, 0.29) is 5.56 Å². The first-order valence-electron chi connectivity index (χ1n) is 8.65. The first-order valence-corrected chi connectivity index (χ1v) is 9.03. The number of benzene rings is 3. The van der Waals surface area contributed by atoms with Crippen LogP contribution in [0.5, 0.6) is 0 Å². The summed E-state index contributed by atoms with van der Waals surface area (Å²) in [5.41, 5.74) is 3.25. The highest BCUT2D eigenvalue weighted by Crippen LogP contribution is 2.21. The maximum Gasteiger partial charge on any atom is 0.266 e. The zero-order valence-corrected chi connectivity index (χ0v) is 15.5. The molecule has 3 nitrogen and oxygen atoms in total. The molecule has 1 aromatic heterocycles. The molecule has 3 aromatic carbocycles. The maximum atomic E-state index is 13.2. The van der Waals surface area contributed by atoms with Crippen LogP contribution in [0.15, 0.2) is 77.6 Å². The molecular formula is C23H17ClN2O. The summed E-state index contributed by atoms with van der Waals surface area (Å²) in [6.45, 7) is 1.93. The van der Waals surface area contributed by atoms with Crippen LogP contribution >= 0.6 is 11.6 Å². The molecule has 4 heteroatoms. The van der Waals surface area contributed by atoms with Crippen molar-refractivity contribution in [3.8, 4) is 5.69 Å².